The normalized spacial score (nSPS) is 22.5. The van der Waals surface area contributed by atoms with Crippen molar-refractivity contribution in [2.75, 3.05) is 5.32 Å². The highest BCUT2D eigenvalue weighted by Crippen LogP contribution is 2.63. The Labute approximate surface area is 183 Å². The van der Waals surface area contributed by atoms with Crippen LogP contribution in [0.3, 0.4) is 0 Å². The van der Waals surface area contributed by atoms with Crippen LogP contribution < -0.4 is 14.8 Å². The average molecular weight is 424 g/mol. The molecule has 1 saturated carbocycles. The van der Waals surface area contributed by atoms with E-state index in [-0.39, 0.29) is 23.8 Å². The number of nitrogens with zero attached hydrogens (tertiary/aromatic N) is 2. The van der Waals surface area contributed by atoms with Gasteiger partial charge in [-0.05, 0) is 55.3 Å². The van der Waals surface area contributed by atoms with Crippen LogP contribution in [-0.2, 0) is 11.2 Å². The molecule has 0 saturated heterocycles. The first kappa shape index (κ1) is 17.8. The summed E-state index contributed by atoms with van der Waals surface area (Å²) in [5.74, 6) is 4.47. The van der Waals surface area contributed by atoms with Crippen molar-refractivity contribution in [1.82, 2.24) is 15.0 Å². The lowest BCUT2D eigenvalue weighted by Gasteiger charge is -2.19. The van der Waals surface area contributed by atoms with Crippen molar-refractivity contribution in [1.29, 1.82) is 0 Å². The number of pyridine rings is 1. The number of carbonyl (C=O) groups excluding carboxylic acids is 1. The van der Waals surface area contributed by atoms with Crippen LogP contribution in [0, 0.1) is 6.92 Å². The van der Waals surface area contributed by atoms with E-state index in [0.29, 0.717) is 18.7 Å². The summed E-state index contributed by atoms with van der Waals surface area (Å²) in [7, 11) is 0. The molecule has 2 aromatic heterocycles. The Bertz CT molecular complexity index is 1430. The molecule has 1 fully saturated rings. The number of H-pyrrole nitrogens is 1. The Balaban J connectivity index is 1.18. The van der Waals surface area contributed by atoms with E-state index in [9.17, 15) is 4.79 Å². The number of nitrogens with one attached hydrogen (secondary N) is 2. The van der Waals surface area contributed by atoms with Crippen LogP contribution in [0.4, 0.5) is 5.82 Å². The van der Waals surface area contributed by atoms with Gasteiger partial charge in [0, 0.05) is 29.7 Å². The van der Waals surface area contributed by atoms with Gasteiger partial charge < -0.3 is 19.8 Å². The summed E-state index contributed by atoms with van der Waals surface area (Å²) >= 11 is 0. The molecule has 1 amide bonds. The molecular formula is C25H20N4O3. The predicted molar refractivity (Wildman–Crippen MR) is 118 cm³/mol. The fraction of sp³-hybridized carbons (Fsp3) is 0.240. The van der Waals surface area contributed by atoms with E-state index >= 15 is 0 Å². The van der Waals surface area contributed by atoms with Gasteiger partial charge in [-0.25, -0.2) is 9.97 Å². The molecule has 7 nitrogen and oxygen atoms in total. The lowest BCUT2D eigenvalue weighted by atomic mass is 10.1. The first-order chi connectivity index (χ1) is 15.6. The Kier molecular flexibility index (Phi) is 3.51. The standard InChI is InChI=1S/C25H20N4O3/c1-12-2-5-16-17(10-12)28-25(27-16)22-21-15-11-13(3-6-18(15)32-23(21)22)31-19-8-9-26-24-14(19)4-7-20(30)29-24/h2-3,5-6,8-11,21-23H,4,7H2,1H3,(H,27,28)(H,26,29,30)/t21-,22-,23-/m1/s1. The van der Waals surface area contributed by atoms with Gasteiger partial charge in [-0.3, -0.25) is 4.79 Å². The lowest BCUT2D eigenvalue weighted by molar-refractivity contribution is -0.116. The van der Waals surface area contributed by atoms with Crippen LogP contribution in [0.5, 0.6) is 17.2 Å². The summed E-state index contributed by atoms with van der Waals surface area (Å²) in [6.07, 6.45) is 2.84. The lowest BCUT2D eigenvalue weighted by Crippen LogP contribution is -2.20. The SMILES string of the molecule is Cc1ccc2nc([C@H]3[C@@H]4Oc5ccc(Oc6ccnc7c6CCC(=O)N7)cc5[C@@H]43)[nH]c2c1. The Morgan fingerprint density at radius 1 is 1.09 bits per heavy atom. The topological polar surface area (TPSA) is 89.1 Å². The number of rotatable bonds is 3. The molecule has 2 aliphatic heterocycles. The average Bonchev–Trinajstić information content (AvgIpc) is 3.14. The number of benzene rings is 2. The summed E-state index contributed by atoms with van der Waals surface area (Å²) in [6, 6.07) is 14.1. The molecule has 3 aliphatic rings. The summed E-state index contributed by atoms with van der Waals surface area (Å²) in [4.78, 5) is 24.2. The third-order valence-electron chi connectivity index (χ3n) is 6.63. The van der Waals surface area contributed by atoms with Gasteiger partial charge in [0.25, 0.3) is 0 Å². The molecule has 0 spiro atoms. The van der Waals surface area contributed by atoms with Crippen LogP contribution in [0.2, 0.25) is 0 Å². The van der Waals surface area contributed by atoms with E-state index in [2.05, 4.69) is 46.5 Å². The zero-order valence-corrected chi connectivity index (χ0v) is 17.4. The smallest absolute Gasteiger partial charge is 0.225 e. The van der Waals surface area contributed by atoms with Crippen LogP contribution in [0.25, 0.3) is 11.0 Å². The van der Waals surface area contributed by atoms with Crippen molar-refractivity contribution >= 4 is 22.8 Å². The number of ether oxygens (including phenoxy) is 2. The number of fused-ring (bicyclic) bond motifs is 5. The summed E-state index contributed by atoms with van der Waals surface area (Å²) in [6.45, 7) is 2.08. The number of anilines is 1. The number of aromatic nitrogens is 3. The van der Waals surface area contributed by atoms with Gasteiger partial charge in [-0.15, -0.1) is 0 Å². The molecular weight excluding hydrogens is 404 g/mol. The largest absolute Gasteiger partial charge is 0.489 e. The molecule has 4 heterocycles. The highest BCUT2D eigenvalue weighted by Gasteiger charge is 2.61. The van der Waals surface area contributed by atoms with Crippen molar-refractivity contribution in [3.05, 3.63) is 71.2 Å². The predicted octanol–water partition coefficient (Wildman–Crippen LogP) is 4.59. The quantitative estimate of drug-likeness (QED) is 0.502. The van der Waals surface area contributed by atoms with Crippen LogP contribution >= 0.6 is 0 Å². The summed E-state index contributed by atoms with van der Waals surface area (Å²) in [5, 5.41) is 2.82. The number of carbonyl (C=O) groups is 1. The van der Waals surface area contributed by atoms with E-state index in [1.54, 1.807) is 6.20 Å². The van der Waals surface area contributed by atoms with Gasteiger partial charge >= 0.3 is 0 Å². The van der Waals surface area contributed by atoms with Gasteiger partial charge in [0.1, 0.15) is 35.0 Å². The van der Waals surface area contributed by atoms with Gasteiger partial charge in [-0.2, -0.15) is 0 Å². The van der Waals surface area contributed by atoms with Gasteiger partial charge in [0.05, 0.1) is 17.0 Å². The Morgan fingerprint density at radius 3 is 2.97 bits per heavy atom. The number of aryl methyl sites for hydroxylation is 1. The molecule has 3 atom stereocenters. The van der Waals surface area contributed by atoms with E-state index < -0.39 is 0 Å². The molecule has 0 unspecified atom stereocenters. The maximum absolute atomic E-state index is 11.7. The Morgan fingerprint density at radius 2 is 2.03 bits per heavy atom. The van der Waals surface area contributed by atoms with Gasteiger partial charge in [-0.1, -0.05) is 6.07 Å². The minimum atomic E-state index is -0.0107. The molecule has 32 heavy (non-hydrogen) atoms. The van der Waals surface area contributed by atoms with Gasteiger partial charge in [0.2, 0.25) is 5.91 Å². The van der Waals surface area contributed by atoms with Crippen LogP contribution in [-0.4, -0.2) is 27.0 Å². The third kappa shape index (κ3) is 2.64. The fourth-order valence-electron chi connectivity index (χ4n) is 5.01. The highest BCUT2D eigenvalue weighted by molar-refractivity contribution is 5.93. The second-order valence-electron chi connectivity index (χ2n) is 8.76. The molecule has 7 rings (SSSR count). The molecule has 0 radical (unpaired) electrons. The van der Waals surface area contributed by atoms with E-state index in [1.807, 2.05) is 18.2 Å². The molecule has 1 aliphatic carbocycles. The second-order valence-corrected chi connectivity index (χ2v) is 8.76. The zero-order valence-electron chi connectivity index (χ0n) is 17.4. The molecule has 2 aromatic carbocycles. The number of amides is 1. The van der Waals surface area contributed by atoms with Gasteiger partial charge in [0.15, 0.2) is 0 Å². The Hall–Kier alpha value is -3.87. The van der Waals surface area contributed by atoms with Crippen molar-refractivity contribution < 1.29 is 14.3 Å². The maximum Gasteiger partial charge on any atom is 0.225 e. The van der Waals surface area contributed by atoms with Crippen LogP contribution in [0.1, 0.15) is 40.8 Å². The minimum absolute atomic E-state index is 0.0107. The van der Waals surface area contributed by atoms with Crippen molar-refractivity contribution in [2.24, 2.45) is 0 Å². The summed E-state index contributed by atoms with van der Waals surface area (Å²) < 4.78 is 12.4. The second kappa shape index (κ2) is 6.32. The number of aromatic amines is 1. The fourth-order valence-corrected chi connectivity index (χ4v) is 5.01. The maximum atomic E-state index is 11.7. The third-order valence-corrected chi connectivity index (χ3v) is 6.63. The monoisotopic (exact) mass is 424 g/mol. The zero-order chi connectivity index (χ0) is 21.4. The number of hydrogen-bond acceptors (Lipinski definition) is 5. The molecule has 0 bridgehead atoms. The van der Waals surface area contributed by atoms with Crippen molar-refractivity contribution in [2.45, 2.75) is 37.7 Å². The minimum Gasteiger partial charge on any atom is -0.489 e. The molecule has 2 N–H and O–H groups in total. The summed E-state index contributed by atoms with van der Waals surface area (Å²) in [5.41, 5.74) is 5.36. The highest BCUT2D eigenvalue weighted by atomic mass is 16.5. The molecule has 4 aromatic rings. The van der Waals surface area contributed by atoms with Crippen molar-refractivity contribution in [3.8, 4) is 17.2 Å². The number of imidazole rings is 1. The molecule has 158 valence electrons. The molecule has 7 heteroatoms. The van der Waals surface area contributed by atoms with Crippen LogP contribution in [0.15, 0.2) is 48.7 Å². The van der Waals surface area contributed by atoms with E-state index in [0.717, 1.165) is 45.2 Å². The van der Waals surface area contributed by atoms with E-state index in [4.69, 9.17) is 14.5 Å². The first-order valence-electron chi connectivity index (χ1n) is 10.9. The number of hydrogen-bond donors (Lipinski definition) is 2. The van der Waals surface area contributed by atoms with E-state index in [1.165, 1.54) is 5.56 Å². The first-order valence-corrected chi connectivity index (χ1v) is 10.9. The van der Waals surface area contributed by atoms with Crippen molar-refractivity contribution in [3.63, 3.8) is 0 Å².